The number of ether oxygens (including phenoxy) is 2. The largest absolute Gasteiger partial charge is 0.506 e. The molecule has 32 heavy (non-hydrogen) atoms. The summed E-state index contributed by atoms with van der Waals surface area (Å²) < 4.78 is 12.4. The average molecular weight is 422 g/mol. The first kappa shape index (κ1) is 18.9. The smallest absolute Gasteiger partial charge is 0.219 e. The topological polar surface area (TPSA) is 63.9 Å². The number of pyridine rings is 1. The zero-order valence-corrected chi connectivity index (χ0v) is 17.8. The summed E-state index contributed by atoms with van der Waals surface area (Å²) in [4.78, 5) is 9.40. The first-order chi connectivity index (χ1) is 15.5. The molecule has 6 rings (SSSR count). The van der Waals surface area contributed by atoms with Crippen molar-refractivity contribution in [2.24, 2.45) is 4.99 Å². The van der Waals surface area contributed by atoms with Crippen molar-refractivity contribution in [3.05, 3.63) is 95.6 Å². The van der Waals surface area contributed by atoms with Gasteiger partial charge in [-0.2, -0.15) is 0 Å². The van der Waals surface area contributed by atoms with Crippen molar-refractivity contribution in [3.63, 3.8) is 0 Å². The van der Waals surface area contributed by atoms with Crippen LogP contribution in [0.4, 0.5) is 0 Å². The quantitative estimate of drug-likeness (QED) is 0.446. The summed E-state index contributed by atoms with van der Waals surface area (Å²) in [6, 6.07) is 25.1. The molecule has 2 heterocycles. The molecule has 0 amide bonds. The van der Waals surface area contributed by atoms with E-state index < -0.39 is 0 Å². The van der Waals surface area contributed by atoms with Crippen LogP contribution in [0, 0.1) is 0 Å². The van der Waals surface area contributed by atoms with Crippen LogP contribution in [-0.4, -0.2) is 22.1 Å². The molecule has 4 aromatic rings. The van der Waals surface area contributed by atoms with Gasteiger partial charge in [-0.25, -0.2) is 9.98 Å². The van der Waals surface area contributed by atoms with E-state index in [4.69, 9.17) is 14.5 Å². The predicted molar refractivity (Wildman–Crippen MR) is 124 cm³/mol. The number of hydrogen-bond donors (Lipinski definition) is 1. The molecule has 2 aliphatic rings. The molecular weight excluding hydrogens is 400 g/mol. The van der Waals surface area contributed by atoms with Gasteiger partial charge in [-0.15, -0.1) is 0 Å². The lowest BCUT2D eigenvalue weighted by molar-refractivity contribution is 0.132. The van der Waals surface area contributed by atoms with Crippen molar-refractivity contribution in [1.82, 2.24) is 4.98 Å². The van der Waals surface area contributed by atoms with Crippen LogP contribution in [0.5, 0.6) is 17.4 Å². The van der Waals surface area contributed by atoms with Crippen LogP contribution in [0.3, 0.4) is 0 Å². The van der Waals surface area contributed by atoms with Crippen LogP contribution >= 0.6 is 0 Å². The van der Waals surface area contributed by atoms with Gasteiger partial charge in [0.1, 0.15) is 29.2 Å². The molecule has 0 fully saturated rings. The summed E-state index contributed by atoms with van der Waals surface area (Å²) in [5.41, 5.74) is 3.82. The maximum absolute atomic E-state index is 10.1. The molecule has 0 bridgehead atoms. The Morgan fingerprint density at radius 1 is 0.938 bits per heavy atom. The minimum absolute atomic E-state index is 0.00547. The fourth-order valence-corrected chi connectivity index (χ4v) is 4.81. The highest BCUT2D eigenvalue weighted by Crippen LogP contribution is 2.51. The van der Waals surface area contributed by atoms with Crippen LogP contribution < -0.4 is 4.74 Å². The number of phenols is 1. The van der Waals surface area contributed by atoms with Crippen LogP contribution in [0.25, 0.3) is 10.9 Å². The molecular formula is C27H22N2O3. The minimum Gasteiger partial charge on any atom is -0.506 e. The highest BCUT2D eigenvalue weighted by atomic mass is 16.5. The van der Waals surface area contributed by atoms with E-state index in [2.05, 4.69) is 43.1 Å². The predicted octanol–water partition coefficient (Wildman–Crippen LogP) is 5.91. The summed E-state index contributed by atoms with van der Waals surface area (Å²) in [6.07, 6.45) is -0.0235. The van der Waals surface area contributed by atoms with Gasteiger partial charge in [-0.1, -0.05) is 56.3 Å². The first-order valence-electron chi connectivity index (χ1n) is 10.7. The van der Waals surface area contributed by atoms with Gasteiger partial charge in [0.15, 0.2) is 0 Å². The molecule has 1 aromatic heterocycles. The Hall–Kier alpha value is -3.86. The monoisotopic (exact) mass is 422 g/mol. The molecule has 158 valence electrons. The number of aliphatic imine (C=N–C) groups is 1. The van der Waals surface area contributed by atoms with E-state index in [-0.39, 0.29) is 23.3 Å². The molecule has 0 spiro atoms. The molecule has 2 atom stereocenters. The second-order valence-corrected chi connectivity index (χ2v) is 8.85. The Kier molecular flexibility index (Phi) is 4.02. The lowest BCUT2D eigenvalue weighted by Gasteiger charge is -2.26. The number of aromatic nitrogens is 1. The molecule has 1 aliphatic carbocycles. The van der Waals surface area contributed by atoms with Gasteiger partial charge in [0.25, 0.3) is 0 Å². The Bertz CT molecular complexity index is 1390. The summed E-state index contributed by atoms with van der Waals surface area (Å²) >= 11 is 0. The van der Waals surface area contributed by atoms with E-state index in [1.807, 2.05) is 36.4 Å². The van der Waals surface area contributed by atoms with Crippen molar-refractivity contribution < 1.29 is 14.6 Å². The minimum atomic E-state index is -0.113. The van der Waals surface area contributed by atoms with Crippen LogP contribution in [0.2, 0.25) is 0 Å². The SMILES string of the molecule is CC1(C)c2ccccc2[C@@H]2N=C(c3cccc(Oc4ccc5cccc(O)c5n4)c3)O[C@H]21. The molecule has 0 saturated carbocycles. The number of aromatic hydroxyl groups is 1. The molecule has 5 nitrogen and oxygen atoms in total. The number of fused-ring (bicyclic) bond motifs is 4. The van der Waals surface area contributed by atoms with E-state index in [0.29, 0.717) is 23.0 Å². The molecule has 0 radical (unpaired) electrons. The molecule has 0 saturated heterocycles. The lowest BCUT2D eigenvalue weighted by Crippen LogP contribution is -2.32. The van der Waals surface area contributed by atoms with Gasteiger partial charge in [-0.05, 0) is 41.5 Å². The molecule has 5 heteroatoms. The van der Waals surface area contributed by atoms with Gasteiger partial charge < -0.3 is 14.6 Å². The standard InChI is InChI=1S/C27H22N2O3/c1-27(2)20-11-4-3-10-19(20)24-25(27)32-26(29-24)17-8-5-9-18(15-17)31-22-14-13-16-7-6-12-21(30)23(16)28-22/h3-15,24-25,30H,1-2H3/t24-,25+/m0/s1. The van der Waals surface area contributed by atoms with Crippen molar-refractivity contribution >= 4 is 16.8 Å². The second kappa shape index (κ2) is 6.82. The van der Waals surface area contributed by atoms with Gasteiger partial charge >= 0.3 is 0 Å². The number of nitrogens with zero attached hydrogens (tertiary/aromatic N) is 2. The highest BCUT2D eigenvalue weighted by Gasteiger charge is 2.51. The van der Waals surface area contributed by atoms with E-state index >= 15 is 0 Å². The number of benzene rings is 3. The zero-order chi connectivity index (χ0) is 21.9. The summed E-state index contributed by atoms with van der Waals surface area (Å²) in [5, 5.41) is 10.9. The first-order valence-corrected chi connectivity index (χ1v) is 10.7. The number of para-hydroxylation sites is 1. The fraction of sp³-hybridized carbons (Fsp3) is 0.185. The fourth-order valence-electron chi connectivity index (χ4n) is 4.81. The van der Waals surface area contributed by atoms with E-state index in [1.54, 1.807) is 18.2 Å². The Morgan fingerprint density at radius 3 is 2.69 bits per heavy atom. The van der Waals surface area contributed by atoms with Crippen molar-refractivity contribution in [2.45, 2.75) is 31.4 Å². The Labute approximate surface area is 186 Å². The van der Waals surface area contributed by atoms with E-state index in [9.17, 15) is 5.11 Å². The van der Waals surface area contributed by atoms with Gasteiger partial charge in [0.2, 0.25) is 11.8 Å². The van der Waals surface area contributed by atoms with Crippen molar-refractivity contribution in [3.8, 4) is 17.4 Å². The van der Waals surface area contributed by atoms with Crippen LogP contribution in [-0.2, 0) is 10.2 Å². The summed E-state index contributed by atoms with van der Waals surface area (Å²) in [7, 11) is 0. The molecule has 3 aromatic carbocycles. The number of rotatable bonds is 3. The Balaban J connectivity index is 1.31. The molecule has 0 unspecified atom stereocenters. The van der Waals surface area contributed by atoms with Crippen molar-refractivity contribution in [1.29, 1.82) is 0 Å². The van der Waals surface area contributed by atoms with Crippen LogP contribution in [0.1, 0.15) is 36.6 Å². The number of hydrogen-bond acceptors (Lipinski definition) is 5. The van der Waals surface area contributed by atoms with E-state index in [1.165, 1.54) is 11.1 Å². The number of phenolic OH excluding ortho intramolecular Hbond substituents is 1. The van der Waals surface area contributed by atoms with Crippen LogP contribution in [0.15, 0.2) is 83.9 Å². The third kappa shape index (κ3) is 2.85. The highest BCUT2D eigenvalue weighted by molar-refractivity contribution is 5.96. The van der Waals surface area contributed by atoms with Crippen molar-refractivity contribution in [2.75, 3.05) is 0 Å². The second-order valence-electron chi connectivity index (χ2n) is 8.85. The average Bonchev–Trinajstić information content (AvgIpc) is 3.34. The lowest BCUT2D eigenvalue weighted by atomic mass is 9.84. The van der Waals surface area contributed by atoms with Gasteiger partial charge in [0.05, 0.1) is 0 Å². The third-order valence-electron chi connectivity index (χ3n) is 6.44. The Morgan fingerprint density at radius 2 is 1.78 bits per heavy atom. The molecule has 1 aliphatic heterocycles. The van der Waals surface area contributed by atoms with Gasteiger partial charge in [0, 0.05) is 22.4 Å². The maximum atomic E-state index is 10.1. The molecule has 1 N–H and O–H groups in total. The zero-order valence-electron chi connectivity index (χ0n) is 17.8. The summed E-state index contributed by atoms with van der Waals surface area (Å²) in [5.74, 6) is 1.81. The summed E-state index contributed by atoms with van der Waals surface area (Å²) in [6.45, 7) is 4.44. The maximum Gasteiger partial charge on any atom is 0.219 e. The van der Waals surface area contributed by atoms with E-state index in [0.717, 1.165) is 10.9 Å². The van der Waals surface area contributed by atoms with Gasteiger partial charge in [-0.3, -0.25) is 0 Å². The third-order valence-corrected chi connectivity index (χ3v) is 6.44. The normalized spacial score (nSPS) is 20.4.